The van der Waals surface area contributed by atoms with Crippen LogP contribution in [0.25, 0.3) is 0 Å². The van der Waals surface area contributed by atoms with Gasteiger partial charge in [-0.05, 0) is 78.5 Å². The highest BCUT2D eigenvalue weighted by Crippen LogP contribution is 2.38. The van der Waals surface area contributed by atoms with Gasteiger partial charge in [-0.2, -0.15) is 0 Å². The molecule has 0 heterocycles. The molecule has 2 amide bonds. The van der Waals surface area contributed by atoms with Crippen LogP contribution in [0.5, 0.6) is 5.75 Å². The highest BCUT2D eigenvalue weighted by atomic mass is 32.2. The first kappa shape index (κ1) is 18.8. The molecule has 2 aromatic rings. The summed E-state index contributed by atoms with van der Waals surface area (Å²) in [6, 6.07) is 8.38. The van der Waals surface area contributed by atoms with Crippen LogP contribution in [0, 0.1) is 0 Å². The van der Waals surface area contributed by atoms with Gasteiger partial charge >= 0.3 is 6.03 Å². The minimum absolute atomic E-state index is 0.289. The Balaban J connectivity index is 1.50. The number of ether oxygens (including phenoxy) is 1. The summed E-state index contributed by atoms with van der Waals surface area (Å²) >= 11 is 0. The molecule has 4 rings (SSSR count). The molecule has 2 aliphatic rings. The third kappa shape index (κ3) is 3.85. The zero-order valence-electron chi connectivity index (χ0n) is 15.9. The van der Waals surface area contributed by atoms with E-state index >= 15 is 0 Å². The van der Waals surface area contributed by atoms with E-state index in [0.717, 1.165) is 44.2 Å². The summed E-state index contributed by atoms with van der Waals surface area (Å²) in [5, 5.41) is 2.85. The minimum Gasteiger partial charge on any atom is -0.497 e. The van der Waals surface area contributed by atoms with Crippen LogP contribution in [0.15, 0.2) is 30.3 Å². The van der Waals surface area contributed by atoms with Gasteiger partial charge in [-0.25, -0.2) is 17.9 Å². The predicted octanol–water partition coefficient (Wildman–Crippen LogP) is 3.32. The van der Waals surface area contributed by atoms with Crippen molar-refractivity contribution in [2.75, 3.05) is 12.4 Å². The van der Waals surface area contributed by atoms with Crippen LogP contribution >= 0.6 is 0 Å². The third-order valence-corrected chi connectivity index (χ3v) is 6.66. The number of aryl methyl sites for hydroxylation is 2. The molecule has 0 radical (unpaired) electrons. The summed E-state index contributed by atoms with van der Waals surface area (Å²) in [7, 11) is -2.30. The normalized spacial score (nSPS) is 15.0. The minimum atomic E-state index is -3.82. The Morgan fingerprint density at radius 2 is 1.71 bits per heavy atom. The summed E-state index contributed by atoms with van der Waals surface area (Å²) in [6.45, 7) is 0. The molecule has 0 bridgehead atoms. The van der Waals surface area contributed by atoms with Crippen molar-refractivity contribution in [1.29, 1.82) is 0 Å². The van der Waals surface area contributed by atoms with Crippen LogP contribution in [0.1, 0.15) is 40.7 Å². The molecule has 0 saturated carbocycles. The van der Waals surface area contributed by atoms with Crippen molar-refractivity contribution in [2.45, 2.75) is 44.3 Å². The number of carbonyl (C=O) groups excluding carboxylic acids is 1. The van der Waals surface area contributed by atoms with E-state index in [9.17, 15) is 13.2 Å². The fourth-order valence-electron chi connectivity index (χ4n) is 4.27. The first-order valence-corrected chi connectivity index (χ1v) is 11.2. The summed E-state index contributed by atoms with van der Waals surface area (Å²) in [5.41, 5.74) is 6.30. The molecule has 0 saturated heterocycles. The maximum Gasteiger partial charge on any atom is 0.332 e. The smallest absolute Gasteiger partial charge is 0.332 e. The number of urea groups is 1. The van der Waals surface area contributed by atoms with E-state index in [4.69, 9.17) is 4.74 Å². The molecular formula is C21H24N2O4S. The van der Waals surface area contributed by atoms with Crippen molar-refractivity contribution in [3.05, 3.63) is 58.1 Å². The SMILES string of the molecule is COc1cccc(CS(=O)(=O)NC(=O)Nc2c3c(cc4c2CCC4)CCC3)c1. The average molecular weight is 401 g/mol. The first-order chi connectivity index (χ1) is 13.4. The quantitative estimate of drug-likeness (QED) is 0.806. The maximum atomic E-state index is 12.5. The lowest BCUT2D eigenvalue weighted by Crippen LogP contribution is -2.35. The van der Waals surface area contributed by atoms with Crippen molar-refractivity contribution >= 4 is 21.7 Å². The van der Waals surface area contributed by atoms with Crippen molar-refractivity contribution in [2.24, 2.45) is 0 Å². The van der Waals surface area contributed by atoms with Gasteiger partial charge in [-0.15, -0.1) is 0 Å². The molecular weight excluding hydrogens is 376 g/mol. The molecule has 0 fully saturated rings. The van der Waals surface area contributed by atoms with Gasteiger partial charge in [0.25, 0.3) is 0 Å². The number of carbonyl (C=O) groups is 1. The summed E-state index contributed by atoms with van der Waals surface area (Å²) in [5.74, 6) is 0.287. The summed E-state index contributed by atoms with van der Waals surface area (Å²) < 4.78 is 32.2. The summed E-state index contributed by atoms with van der Waals surface area (Å²) in [6.07, 6.45) is 6.04. The second kappa shape index (κ2) is 7.47. The molecule has 0 unspecified atom stereocenters. The van der Waals surface area contributed by atoms with Gasteiger partial charge in [0.2, 0.25) is 10.0 Å². The Kier molecular flexibility index (Phi) is 5.02. The fourth-order valence-corrected chi connectivity index (χ4v) is 5.29. The van der Waals surface area contributed by atoms with Crippen LogP contribution in [0.3, 0.4) is 0 Å². The molecule has 0 atom stereocenters. The van der Waals surface area contributed by atoms with Gasteiger partial charge in [0, 0.05) is 5.69 Å². The number of methoxy groups -OCH3 is 1. The van der Waals surface area contributed by atoms with E-state index in [1.807, 2.05) is 0 Å². The second-order valence-electron chi connectivity index (χ2n) is 7.40. The van der Waals surface area contributed by atoms with Gasteiger partial charge in [0.05, 0.1) is 12.9 Å². The Morgan fingerprint density at radius 1 is 1.04 bits per heavy atom. The molecule has 148 valence electrons. The zero-order chi connectivity index (χ0) is 19.7. The molecule has 2 N–H and O–H groups in total. The van der Waals surface area contributed by atoms with Crippen LogP contribution in [-0.4, -0.2) is 21.6 Å². The van der Waals surface area contributed by atoms with E-state index < -0.39 is 16.1 Å². The monoisotopic (exact) mass is 400 g/mol. The van der Waals surface area contributed by atoms with Crippen LogP contribution in [-0.2, 0) is 41.5 Å². The lowest BCUT2D eigenvalue weighted by Gasteiger charge is -2.16. The molecule has 28 heavy (non-hydrogen) atoms. The van der Waals surface area contributed by atoms with Gasteiger partial charge in [-0.1, -0.05) is 18.2 Å². The van der Waals surface area contributed by atoms with Crippen LogP contribution in [0.4, 0.5) is 10.5 Å². The Bertz CT molecular complexity index is 999. The number of amides is 2. The van der Waals surface area contributed by atoms with Gasteiger partial charge in [-0.3, -0.25) is 0 Å². The second-order valence-corrected chi connectivity index (χ2v) is 9.12. The number of hydrogen-bond donors (Lipinski definition) is 2. The van der Waals surface area contributed by atoms with E-state index in [2.05, 4.69) is 16.1 Å². The molecule has 2 aliphatic carbocycles. The Morgan fingerprint density at radius 3 is 2.36 bits per heavy atom. The standard InChI is InChI=1S/C21H24N2O4S/c1-27-17-8-2-5-14(11-17)13-28(25,26)23-21(24)22-20-18-9-3-6-15(18)12-16-7-4-10-19(16)20/h2,5,8,11-12H,3-4,6-7,9-10,13H2,1H3,(H2,22,23,24). The fraction of sp³-hybridized carbons (Fsp3) is 0.381. The van der Waals surface area contributed by atoms with Crippen molar-refractivity contribution in [3.63, 3.8) is 0 Å². The van der Waals surface area contributed by atoms with Gasteiger partial charge in [0.15, 0.2) is 0 Å². The maximum absolute atomic E-state index is 12.5. The van der Waals surface area contributed by atoms with Crippen LogP contribution < -0.4 is 14.8 Å². The average Bonchev–Trinajstić information content (AvgIpc) is 3.29. The number of nitrogens with one attached hydrogen (secondary N) is 2. The summed E-state index contributed by atoms with van der Waals surface area (Å²) in [4.78, 5) is 12.5. The number of hydrogen-bond acceptors (Lipinski definition) is 4. The number of fused-ring (bicyclic) bond motifs is 2. The molecule has 0 spiro atoms. The number of rotatable bonds is 5. The number of anilines is 1. The van der Waals surface area contributed by atoms with Crippen molar-refractivity contribution < 1.29 is 17.9 Å². The van der Waals surface area contributed by atoms with E-state index in [-0.39, 0.29) is 5.75 Å². The van der Waals surface area contributed by atoms with Gasteiger partial charge < -0.3 is 10.1 Å². The zero-order valence-corrected chi connectivity index (χ0v) is 16.7. The lowest BCUT2D eigenvalue weighted by atomic mass is 9.99. The number of benzene rings is 2. The van der Waals surface area contributed by atoms with Crippen LogP contribution in [0.2, 0.25) is 0 Å². The number of sulfonamides is 1. The molecule has 0 aliphatic heterocycles. The largest absolute Gasteiger partial charge is 0.497 e. The van der Waals surface area contributed by atoms with E-state index in [0.29, 0.717) is 11.3 Å². The highest BCUT2D eigenvalue weighted by Gasteiger charge is 2.26. The first-order valence-electron chi connectivity index (χ1n) is 9.56. The lowest BCUT2D eigenvalue weighted by molar-refractivity contribution is 0.256. The predicted molar refractivity (Wildman–Crippen MR) is 108 cm³/mol. The molecule has 7 heteroatoms. The topological polar surface area (TPSA) is 84.5 Å². The molecule has 6 nitrogen and oxygen atoms in total. The van der Waals surface area contributed by atoms with Crippen molar-refractivity contribution in [1.82, 2.24) is 4.72 Å². The Hall–Kier alpha value is -2.54. The van der Waals surface area contributed by atoms with Crippen molar-refractivity contribution in [3.8, 4) is 5.75 Å². The molecule has 0 aromatic heterocycles. The third-order valence-electron chi connectivity index (χ3n) is 5.45. The Labute approximate surface area is 165 Å². The van der Waals surface area contributed by atoms with E-state index in [1.54, 1.807) is 24.3 Å². The van der Waals surface area contributed by atoms with E-state index in [1.165, 1.54) is 29.4 Å². The van der Waals surface area contributed by atoms with Gasteiger partial charge in [0.1, 0.15) is 5.75 Å². The molecule has 2 aromatic carbocycles. The highest BCUT2D eigenvalue weighted by molar-refractivity contribution is 7.89.